The molecule has 0 radical (unpaired) electrons. The summed E-state index contributed by atoms with van der Waals surface area (Å²) >= 11 is 1.62. The fourth-order valence-corrected chi connectivity index (χ4v) is 3.46. The number of nitrogens with zero attached hydrogens (tertiary/aromatic N) is 4. The van der Waals surface area contributed by atoms with E-state index in [1.807, 2.05) is 30.3 Å². The van der Waals surface area contributed by atoms with E-state index in [4.69, 9.17) is 0 Å². The Balaban J connectivity index is 1.91. The minimum absolute atomic E-state index is 0.199. The van der Waals surface area contributed by atoms with Crippen LogP contribution in [-0.4, -0.2) is 31.3 Å². The van der Waals surface area contributed by atoms with E-state index in [-0.39, 0.29) is 5.56 Å². The predicted octanol–water partition coefficient (Wildman–Crippen LogP) is 3.24. The molecule has 0 atom stereocenters. The van der Waals surface area contributed by atoms with E-state index in [2.05, 4.69) is 21.6 Å². The van der Waals surface area contributed by atoms with Gasteiger partial charge >= 0.3 is 5.97 Å². The Morgan fingerprint density at radius 3 is 2.74 bits per heavy atom. The summed E-state index contributed by atoms with van der Waals surface area (Å²) in [7, 11) is 0. The minimum Gasteiger partial charge on any atom is -0.478 e. The lowest BCUT2D eigenvalue weighted by molar-refractivity contribution is 0.0697. The molecule has 0 saturated carbocycles. The van der Waals surface area contributed by atoms with Crippen molar-refractivity contribution in [1.29, 1.82) is 0 Å². The van der Waals surface area contributed by atoms with Crippen LogP contribution < -0.4 is 0 Å². The van der Waals surface area contributed by atoms with Crippen LogP contribution in [0.15, 0.2) is 54.9 Å². The zero-order valence-corrected chi connectivity index (χ0v) is 12.6. The first kappa shape index (κ1) is 13.6. The lowest BCUT2D eigenvalue weighted by atomic mass is 10.1. The molecule has 0 saturated heterocycles. The monoisotopic (exact) mass is 322 g/mol. The highest BCUT2D eigenvalue weighted by Crippen LogP contribution is 2.34. The average molecular weight is 322 g/mol. The van der Waals surface area contributed by atoms with Crippen molar-refractivity contribution in [2.45, 2.75) is 0 Å². The molecule has 23 heavy (non-hydrogen) atoms. The number of carboxylic acid groups (broad SMARTS) is 1. The van der Waals surface area contributed by atoms with Crippen LogP contribution in [0.3, 0.4) is 0 Å². The molecule has 0 amide bonds. The summed E-state index contributed by atoms with van der Waals surface area (Å²) in [4.78, 5) is 12.4. The molecule has 0 aliphatic carbocycles. The van der Waals surface area contributed by atoms with E-state index in [0.717, 1.165) is 20.5 Å². The van der Waals surface area contributed by atoms with E-state index in [1.165, 1.54) is 11.0 Å². The summed E-state index contributed by atoms with van der Waals surface area (Å²) in [6.07, 6.45) is 1.44. The number of carboxylic acids is 1. The lowest BCUT2D eigenvalue weighted by Crippen LogP contribution is -2.01. The number of benzene rings is 2. The van der Waals surface area contributed by atoms with Crippen molar-refractivity contribution in [3.8, 4) is 16.1 Å². The number of fused-ring (bicyclic) bond motifs is 1. The molecule has 0 fully saturated rings. The van der Waals surface area contributed by atoms with Crippen LogP contribution in [0.2, 0.25) is 0 Å². The summed E-state index contributed by atoms with van der Waals surface area (Å²) in [6.45, 7) is 0. The van der Waals surface area contributed by atoms with E-state index in [1.54, 1.807) is 23.5 Å². The Labute approximate surface area is 134 Å². The van der Waals surface area contributed by atoms with Gasteiger partial charge in [0.2, 0.25) is 0 Å². The molecule has 0 bridgehead atoms. The third kappa shape index (κ3) is 2.47. The molecule has 2 aromatic carbocycles. The molecule has 0 aliphatic rings. The summed E-state index contributed by atoms with van der Waals surface area (Å²) in [5.74, 6) is -0.984. The molecule has 0 aliphatic heterocycles. The smallest absolute Gasteiger partial charge is 0.335 e. The van der Waals surface area contributed by atoms with E-state index >= 15 is 0 Å². The maximum absolute atomic E-state index is 11.4. The lowest BCUT2D eigenvalue weighted by Gasteiger charge is -2.05. The van der Waals surface area contributed by atoms with Gasteiger partial charge in [0.1, 0.15) is 6.33 Å². The molecular formula is C16H10N4O2S. The second kappa shape index (κ2) is 5.29. The fraction of sp³-hybridized carbons (Fsp3) is 0. The van der Waals surface area contributed by atoms with Gasteiger partial charge in [0.15, 0.2) is 0 Å². The number of thiophene rings is 1. The SMILES string of the molecule is O=C(O)c1cc(-c2cc3ccccc3s2)cc(-n2cnnn2)c1. The van der Waals surface area contributed by atoms with Gasteiger partial charge in [-0.05, 0) is 51.7 Å². The predicted molar refractivity (Wildman–Crippen MR) is 86.9 cm³/mol. The maximum atomic E-state index is 11.4. The Morgan fingerprint density at radius 1 is 1.13 bits per heavy atom. The number of hydrogen-bond acceptors (Lipinski definition) is 5. The van der Waals surface area contributed by atoms with Crippen molar-refractivity contribution in [3.05, 3.63) is 60.4 Å². The van der Waals surface area contributed by atoms with E-state index < -0.39 is 5.97 Å². The Hall–Kier alpha value is -3.06. The van der Waals surface area contributed by atoms with Gasteiger partial charge in [-0.3, -0.25) is 0 Å². The highest BCUT2D eigenvalue weighted by Gasteiger charge is 2.12. The third-order valence-corrected chi connectivity index (χ3v) is 4.65. The second-order valence-corrected chi connectivity index (χ2v) is 6.06. The average Bonchev–Trinajstić information content (AvgIpc) is 3.23. The second-order valence-electron chi connectivity index (χ2n) is 4.98. The Morgan fingerprint density at radius 2 is 2.00 bits per heavy atom. The van der Waals surface area contributed by atoms with Crippen molar-refractivity contribution in [3.63, 3.8) is 0 Å². The highest BCUT2D eigenvalue weighted by molar-refractivity contribution is 7.22. The first-order valence-corrected chi connectivity index (χ1v) is 7.63. The van der Waals surface area contributed by atoms with Gasteiger partial charge in [-0.15, -0.1) is 16.4 Å². The molecule has 112 valence electrons. The number of aromatic nitrogens is 4. The van der Waals surface area contributed by atoms with Crippen molar-refractivity contribution in [2.75, 3.05) is 0 Å². The van der Waals surface area contributed by atoms with Gasteiger partial charge in [-0.1, -0.05) is 18.2 Å². The Kier molecular flexibility index (Phi) is 3.13. The molecule has 0 unspecified atom stereocenters. The van der Waals surface area contributed by atoms with Gasteiger partial charge in [0.05, 0.1) is 11.3 Å². The van der Waals surface area contributed by atoms with E-state index in [9.17, 15) is 9.90 Å². The van der Waals surface area contributed by atoms with Crippen LogP contribution >= 0.6 is 11.3 Å². The van der Waals surface area contributed by atoms with E-state index in [0.29, 0.717) is 5.69 Å². The summed E-state index contributed by atoms with van der Waals surface area (Å²) in [5, 5.41) is 21.5. The summed E-state index contributed by atoms with van der Waals surface area (Å²) in [6, 6.07) is 15.2. The molecule has 2 aromatic heterocycles. The zero-order chi connectivity index (χ0) is 15.8. The van der Waals surface area contributed by atoms with Crippen LogP contribution in [0.4, 0.5) is 0 Å². The molecule has 2 heterocycles. The summed E-state index contributed by atoms with van der Waals surface area (Å²) in [5.41, 5.74) is 1.64. The zero-order valence-electron chi connectivity index (χ0n) is 11.7. The number of carbonyl (C=O) groups is 1. The molecule has 4 aromatic rings. The third-order valence-electron chi connectivity index (χ3n) is 3.49. The van der Waals surface area contributed by atoms with Gasteiger partial charge in [0.25, 0.3) is 0 Å². The molecule has 7 heteroatoms. The largest absolute Gasteiger partial charge is 0.478 e. The highest BCUT2D eigenvalue weighted by atomic mass is 32.1. The maximum Gasteiger partial charge on any atom is 0.335 e. The topological polar surface area (TPSA) is 80.9 Å². The van der Waals surface area contributed by atoms with Crippen LogP contribution in [0.5, 0.6) is 0 Å². The van der Waals surface area contributed by atoms with Crippen LogP contribution in [0, 0.1) is 0 Å². The molecule has 6 nitrogen and oxygen atoms in total. The van der Waals surface area contributed by atoms with Gasteiger partial charge in [-0.25, -0.2) is 9.48 Å². The molecule has 0 spiro atoms. The number of aromatic carboxylic acids is 1. The van der Waals surface area contributed by atoms with Crippen LogP contribution in [0.25, 0.3) is 26.2 Å². The van der Waals surface area contributed by atoms with Crippen LogP contribution in [-0.2, 0) is 0 Å². The first-order valence-electron chi connectivity index (χ1n) is 6.81. The van der Waals surface area contributed by atoms with Crippen molar-refractivity contribution >= 4 is 27.4 Å². The number of rotatable bonds is 3. The quantitative estimate of drug-likeness (QED) is 0.626. The number of hydrogen-bond donors (Lipinski definition) is 1. The minimum atomic E-state index is -0.984. The van der Waals surface area contributed by atoms with Gasteiger partial charge in [0, 0.05) is 9.58 Å². The fourth-order valence-electron chi connectivity index (χ4n) is 2.41. The summed E-state index contributed by atoms with van der Waals surface area (Å²) < 4.78 is 2.61. The normalized spacial score (nSPS) is 11.0. The van der Waals surface area contributed by atoms with Gasteiger partial charge in [-0.2, -0.15) is 0 Å². The molecule has 1 N–H and O–H groups in total. The van der Waals surface area contributed by atoms with Gasteiger partial charge < -0.3 is 5.11 Å². The molecular weight excluding hydrogens is 312 g/mol. The first-order chi connectivity index (χ1) is 11.2. The number of tetrazole rings is 1. The molecule has 4 rings (SSSR count). The van der Waals surface area contributed by atoms with Crippen molar-refractivity contribution < 1.29 is 9.90 Å². The Bertz CT molecular complexity index is 975. The van der Waals surface area contributed by atoms with Crippen LogP contribution in [0.1, 0.15) is 10.4 Å². The standard InChI is InChI=1S/C16H10N4O2S/c21-16(22)12-5-11(6-13(7-12)20-9-17-18-19-20)15-8-10-3-1-2-4-14(10)23-15/h1-9H,(H,21,22). The van der Waals surface area contributed by atoms with Crippen molar-refractivity contribution in [2.24, 2.45) is 0 Å². The van der Waals surface area contributed by atoms with Crippen molar-refractivity contribution in [1.82, 2.24) is 20.2 Å².